The predicted molar refractivity (Wildman–Crippen MR) is 254 cm³/mol. The average Bonchev–Trinajstić information content (AvgIpc) is 3.82. The Morgan fingerprint density at radius 1 is 0.541 bits per heavy atom. The molecule has 22 heteroatoms. The summed E-state index contributed by atoms with van der Waals surface area (Å²) in [5, 5.41) is 137. The minimum atomic E-state index is -1.84. The van der Waals surface area contributed by atoms with Crippen molar-refractivity contribution in [3.63, 3.8) is 0 Å². The summed E-state index contributed by atoms with van der Waals surface area (Å²) < 4.78 is 55.2. The summed E-state index contributed by atoms with van der Waals surface area (Å²) in [4.78, 5) is 0. The van der Waals surface area contributed by atoms with Gasteiger partial charge in [0.25, 0.3) is 0 Å². The number of aliphatic hydroxyl groups is 13. The Kier molecular flexibility index (Phi) is 17.6. The fraction of sp³-hybridized carbons (Fsp3) is 1.00. The second kappa shape index (κ2) is 22.6. The van der Waals surface area contributed by atoms with Crippen molar-refractivity contribution in [2.45, 2.75) is 246 Å². The normalized spacial score (nSPS) is 56.0. The molecule has 9 rings (SSSR count). The van der Waals surface area contributed by atoms with Crippen molar-refractivity contribution in [3.05, 3.63) is 0 Å². The highest BCUT2D eigenvalue weighted by Gasteiger charge is 2.68. The molecule has 9 fully saturated rings. The highest BCUT2D eigenvalue weighted by atomic mass is 16.8. The molecule has 0 bridgehead atoms. The van der Waals surface area contributed by atoms with E-state index in [-0.39, 0.29) is 41.2 Å². The Bertz CT molecular complexity index is 1850. The van der Waals surface area contributed by atoms with E-state index in [4.69, 9.17) is 42.6 Å². The molecular formula is C52H88O22. The maximum Gasteiger partial charge on any atom is 0.187 e. The van der Waals surface area contributed by atoms with Crippen molar-refractivity contribution in [2.75, 3.05) is 26.4 Å². The third-order valence-corrected chi connectivity index (χ3v) is 20.5. The van der Waals surface area contributed by atoms with E-state index < -0.39 is 143 Å². The molecule has 0 aromatic heterocycles. The van der Waals surface area contributed by atoms with Crippen LogP contribution in [0, 0.1) is 52.3 Å². The van der Waals surface area contributed by atoms with Crippen LogP contribution in [0.4, 0.5) is 0 Å². The Morgan fingerprint density at radius 2 is 1.11 bits per heavy atom. The summed E-state index contributed by atoms with van der Waals surface area (Å²) in [5.74, 6) is 2.68. The van der Waals surface area contributed by atoms with E-state index >= 15 is 0 Å². The first kappa shape index (κ1) is 57.8. The van der Waals surface area contributed by atoms with Crippen molar-refractivity contribution < 1.29 is 109 Å². The van der Waals surface area contributed by atoms with Gasteiger partial charge in [0.1, 0.15) is 91.6 Å². The molecule has 22 nitrogen and oxygen atoms in total. The summed E-state index contributed by atoms with van der Waals surface area (Å²) in [6.07, 6.45) is -20.8. The van der Waals surface area contributed by atoms with Crippen molar-refractivity contribution in [3.8, 4) is 0 Å². The minimum absolute atomic E-state index is 0.0323. The van der Waals surface area contributed by atoms with Gasteiger partial charge in [0.05, 0.1) is 50.3 Å². The number of rotatable bonds is 15. The van der Waals surface area contributed by atoms with Crippen LogP contribution in [0.15, 0.2) is 0 Å². The molecule has 13 N–H and O–H groups in total. The molecule has 0 unspecified atom stereocenters. The number of aliphatic hydroxyl groups excluding tert-OH is 13. The third-order valence-electron chi connectivity index (χ3n) is 20.5. The molecule has 428 valence electrons. The monoisotopic (exact) mass is 1060 g/mol. The van der Waals surface area contributed by atoms with Crippen molar-refractivity contribution in [1.29, 1.82) is 0 Å². The molecule has 4 saturated carbocycles. The lowest BCUT2D eigenvalue weighted by Gasteiger charge is -2.61. The summed E-state index contributed by atoms with van der Waals surface area (Å²) >= 11 is 0. The number of ether oxygens (including phenoxy) is 9. The van der Waals surface area contributed by atoms with Crippen molar-refractivity contribution in [2.24, 2.45) is 52.3 Å². The quantitative estimate of drug-likeness (QED) is 0.0800. The standard InChI is InChI=1S/C52H88O22/c1-21(20-66-46-40(62)38(60)35(57)30(17-53)69-46)9-14-52(6)22(2)33-29(74-52)16-28-26-8-7-24-15-25(10-12-50(24,4)27(26)11-13-51(28,33)5)68-49-45(73-47-41(63)37(59)34(56)23(3)67-47)43(65)44(32(19-55)71-49)72-48-42(64)39(61)36(58)31(18-54)70-48/h21-49,53-65H,7-20H2,1-6H3/t21-,22-,23-,24-,25-,26+,27-,28-,29-,30+,31+,32+,33-,34-,35+,36+,37+,38-,39-,40+,41+,42+,43-,44-,45+,46+,47-,48-,49+,50-,51-,52+/m0/s1. The van der Waals surface area contributed by atoms with E-state index in [0.29, 0.717) is 48.3 Å². The van der Waals surface area contributed by atoms with E-state index in [2.05, 4.69) is 34.6 Å². The van der Waals surface area contributed by atoms with E-state index in [1.807, 2.05) is 0 Å². The van der Waals surface area contributed by atoms with Gasteiger partial charge in [-0.2, -0.15) is 0 Å². The maximum atomic E-state index is 12.1. The molecule has 32 atom stereocenters. The van der Waals surface area contributed by atoms with Crippen LogP contribution < -0.4 is 0 Å². The van der Waals surface area contributed by atoms with Crippen LogP contribution in [-0.4, -0.2) is 233 Å². The van der Waals surface area contributed by atoms with Gasteiger partial charge < -0.3 is 109 Å². The second-order valence-electron chi connectivity index (χ2n) is 24.7. The van der Waals surface area contributed by atoms with E-state index in [0.717, 1.165) is 51.4 Å². The highest BCUT2D eigenvalue weighted by Crippen LogP contribution is 2.71. The SMILES string of the molecule is C[C@@H](CC[C@@]1(C)O[C@H]2C[C@H]3[C@@H]4CC[C@H]5C[C@@H](O[C@@H]6O[C@H](CO)[C@H](O[C@@H]7O[C@H](CO)[C@@H](O)[C@H](O)[C@H]7O)[C@H](O)[C@H]6O[C@@H]6O[C@@H](C)[C@H](O)[C@@H](O)[C@H]6O)CC[C@]5(C)[C@H]4CC[C@]3(C)[C@H]2[C@@H]1C)CO[C@@H]1O[C@H](CO)[C@@H](O)[C@H](O)[C@H]1O. The van der Waals surface area contributed by atoms with Gasteiger partial charge in [-0.1, -0.05) is 27.7 Å². The molecule has 0 spiro atoms. The van der Waals surface area contributed by atoms with Crippen LogP contribution in [0.1, 0.15) is 106 Å². The van der Waals surface area contributed by atoms with Crippen molar-refractivity contribution >= 4 is 0 Å². The topological polar surface area (TPSA) is 346 Å². The lowest BCUT2D eigenvalue weighted by Crippen LogP contribution is -2.67. The first-order valence-corrected chi connectivity index (χ1v) is 27.5. The molecule has 5 heterocycles. The number of fused-ring (bicyclic) bond motifs is 7. The van der Waals surface area contributed by atoms with Crippen molar-refractivity contribution in [1.82, 2.24) is 0 Å². The van der Waals surface area contributed by atoms with Gasteiger partial charge >= 0.3 is 0 Å². The lowest BCUT2D eigenvalue weighted by atomic mass is 9.44. The molecule has 4 aliphatic carbocycles. The smallest absolute Gasteiger partial charge is 0.187 e. The first-order valence-electron chi connectivity index (χ1n) is 27.5. The van der Waals surface area contributed by atoms with Gasteiger partial charge in [0.15, 0.2) is 25.2 Å². The molecule has 0 radical (unpaired) electrons. The fourth-order valence-corrected chi connectivity index (χ4v) is 15.9. The Labute approximate surface area is 433 Å². The fourth-order valence-electron chi connectivity index (χ4n) is 15.9. The zero-order valence-electron chi connectivity index (χ0n) is 43.6. The number of hydrogen-bond donors (Lipinski definition) is 13. The van der Waals surface area contributed by atoms with Crippen LogP contribution in [0.5, 0.6) is 0 Å². The Morgan fingerprint density at radius 3 is 1.76 bits per heavy atom. The molecule has 5 saturated heterocycles. The largest absolute Gasteiger partial charge is 0.394 e. The lowest BCUT2D eigenvalue weighted by molar-refractivity contribution is -0.390. The second-order valence-corrected chi connectivity index (χ2v) is 24.7. The maximum absolute atomic E-state index is 12.1. The molecule has 0 aromatic rings. The minimum Gasteiger partial charge on any atom is -0.394 e. The molecule has 0 aromatic carbocycles. The van der Waals surface area contributed by atoms with Crippen LogP contribution in [0.3, 0.4) is 0 Å². The van der Waals surface area contributed by atoms with Crippen LogP contribution in [-0.2, 0) is 42.6 Å². The van der Waals surface area contributed by atoms with Gasteiger partial charge in [0, 0.05) is 0 Å². The zero-order chi connectivity index (χ0) is 53.5. The summed E-state index contributed by atoms with van der Waals surface area (Å²) in [7, 11) is 0. The summed E-state index contributed by atoms with van der Waals surface area (Å²) in [6.45, 7) is 11.4. The van der Waals surface area contributed by atoms with Gasteiger partial charge in [-0.3, -0.25) is 0 Å². The van der Waals surface area contributed by atoms with Gasteiger partial charge in [0.2, 0.25) is 0 Å². The van der Waals surface area contributed by atoms with Gasteiger partial charge in [-0.25, -0.2) is 0 Å². The molecule has 9 aliphatic rings. The predicted octanol–water partition coefficient (Wildman–Crippen LogP) is -1.86. The van der Waals surface area contributed by atoms with Gasteiger partial charge in [-0.05, 0) is 130 Å². The molecule has 5 aliphatic heterocycles. The Hall–Kier alpha value is -0.880. The highest BCUT2D eigenvalue weighted by molar-refractivity contribution is 5.16. The first-order chi connectivity index (χ1) is 35.0. The van der Waals surface area contributed by atoms with Crippen LogP contribution in [0.25, 0.3) is 0 Å². The summed E-state index contributed by atoms with van der Waals surface area (Å²) in [5.41, 5.74) is -0.180. The molecule has 0 amide bonds. The molecular weight excluding hydrogens is 977 g/mol. The Balaban J connectivity index is 0.833. The molecule has 74 heavy (non-hydrogen) atoms. The number of hydrogen-bond acceptors (Lipinski definition) is 22. The van der Waals surface area contributed by atoms with E-state index in [1.165, 1.54) is 6.92 Å². The average molecular weight is 1070 g/mol. The van der Waals surface area contributed by atoms with E-state index in [9.17, 15) is 66.4 Å². The van der Waals surface area contributed by atoms with Crippen LogP contribution >= 0.6 is 0 Å². The van der Waals surface area contributed by atoms with E-state index in [1.54, 1.807) is 0 Å². The third kappa shape index (κ3) is 10.3. The summed E-state index contributed by atoms with van der Waals surface area (Å²) in [6, 6.07) is 0. The van der Waals surface area contributed by atoms with Gasteiger partial charge in [-0.15, -0.1) is 0 Å². The van der Waals surface area contributed by atoms with Crippen LogP contribution in [0.2, 0.25) is 0 Å². The zero-order valence-corrected chi connectivity index (χ0v) is 43.6.